The van der Waals surface area contributed by atoms with Gasteiger partial charge >= 0.3 is 0 Å². The summed E-state index contributed by atoms with van der Waals surface area (Å²) in [7, 11) is 0. The van der Waals surface area contributed by atoms with Gasteiger partial charge in [0.1, 0.15) is 0 Å². The lowest BCUT2D eigenvalue weighted by Gasteiger charge is -2.36. The second-order valence-electron chi connectivity index (χ2n) is 6.29. The first-order chi connectivity index (χ1) is 10.1. The zero-order valence-electron chi connectivity index (χ0n) is 13.1. The molecule has 0 aromatic rings. The molecule has 2 heterocycles. The van der Waals surface area contributed by atoms with E-state index in [4.69, 9.17) is 0 Å². The molecular formula is C15H27N3O2S. The Morgan fingerprint density at radius 2 is 1.76 bits per heavy atom. The van der Waals surface area contributed by atoms with Crippen LogP contribution in [0, 0.1) is 5.92 Å². The van der Waals surface area contributed by atoms with E-state index in [1.807, 2.05) is 21.6 Å². The van der Waals surface area contributed by atoms with Crippen LogP contribution in [0.2, 0.25) is 0 Å². The minimum absolute atomic E-state index is 0.224. The van der Waals surface area contributed by atoms with Gasteiger partial charge in [0.05, 0.1) is 0 Å². The lowest BCUT2D eigenvalue weighted by Crippen LogP contribution is -2.52. The first-order valence-corrected chi connectivity index (χ1v) is 9.08. The largest absolute Gasteiger partial charge is 0.339 e. The number of thioether (sulfide) groups is 1. The first-order valence-electron chi connectivity index (χ1n) is 7.93. The van der Waals surface area contributed by atoms with Crippen LogP contribution in [-0.2, 0) is 9.59 Å². The lowest BCUT2D eigenvalue weighted by molar-refractivity contribution is -0.140. The molecule has 0 aliphatic carbocycles. The molecule has 2 saturated heterocycles. The molecule has 2 fully saturated rings. The van der Waals surface area contributed by atoms with Crippen LogP contribution in [0.25, 0.3) is 0 Å². The fraction of sp³-hybridized carbons (Fsp3) is 0.867. The highest BCUT2D eigenvalue weighted by atomic mass is 32.2. The summed E-state index contributed by atoms with van der Waals surface area (Å²) in [5, 5.41) is 3.40. The van der Waals surface area contributed by atoms with Gasteiger partial charge in [-0.15, -0.1) is 0 Å². The van der Waals surface area contributed by atoms with Crippen molar-refractivity contribution in [3.05, 3.63) is 0 Å². The highest BCUT2D eigenvalue weighted by molar-refractivity contribution is 7.99. The average Bonchev–Trinajstić information content (AvgIpc) is 2.47. The van der Waals surface area contributed by atoms with Crippen LogP contribution in [0.3, 0.4) is 0 Å². The molecular weight excluding hydrogens is 286 g/mol. The second kappa shape index (κ2) is 8.03. The van der Waals surface area contributed by atoms with Crippen LogP contribution in [0.1, 0.15) is 26.7 Å². The third kappa shape index (κ3) is 5.18. The molecule has 1 atom stereocenters. The molecule has 0 spiro atoms. The van der Waals surface area contributed by atoms with Gasteiger partial charge in [-0.25, -0.2) is 0 Å². The van der Waals surface area contributed by atoms with Gasteiger partial charge in [0.2, 0.25) is 11.8 Å². The van der Waals surface area contributed by atoms with Crippen molar-refractivity contribution in [1.82, 2.24) is 15.1 Å². The molecule has 6 heteroatoms. The summed E-state index contributed by atoms with van der Waals surface area (Å²) in [6.45, 7) is 7.86. The molecule has 0 radical (unpaired) electrons. The van der Waals surface area contributed by atoms with Crippen LogP contribution in [0.15, 0.2) is 0 Å². The van der Waals surface area contributed by atoms with Crippen LogP contribution in [-0.4, -0.2) is 71.9 Å². The fourth-order valence-corrected chi connectivity index (χ4v) is 3.72. The third-order valence-corrected chi connectivity index (χ3v) is 5.12. The number of nitrogens with zero attached hydrogens (tertiary/aromatic N) is 2. The van der Waals surface area contributed by atoms with Gasteiger partial charge in [0.25, 0.3) is 0 Å². The highest BCUT2D eigenvalue weighted by Crippen LogP contribution is 2.13. The molecule has 21 heavy (non-hydrogen) atoms. The van der Waals surface area contributed by atoms with Crippen molar-refractivity contribution in [3.63, 3.8) is 0 Å². The zero-order chi connectivity index (χ0) is 15.2. The quantitative estimate of drug-likeness (QED) is 0.834. The van der Waals surface area contributed by atoms with Crippen molar-refractivity contribution in [2.45, 2.75) is 32.7 Å². The van der Waals surface area contributed by atoms with Crippen molar-refractivity contribution in [2.24, 2.45) is 5.92 Å². The molecule has 5 nitrogen and oxygen atoms in total. The maximum Gasteiger partial charge on any atom is 0.224 e. The summed E-state index contributed by atoms with van der Waals surface area (Å²) in [6, 6.07) is 0.317. The number of nitrogens with one attached hydrogen (secondary N) is 1. The monoisotopic (exact) mass is 313 g/mol. The molecule has 0 aromatic carbocycles. The van der Waals surface area contributed by atoms with E-state index in [-0.39, 0.29) is 11.8 Å². The van der Waals surface area contributed by atoms with Crippen molar-refractivity contribution in [2.75, 3.05) is 44.2 Å². The molecule has 2 aliphatic heterocycles. The van der Waals surface area contributed by atoms with Crippen molar-refractivity contribution in [3.8, 4) is 0 Å². The van der Waals surface area contributed by atoms with Crippen LogP contribution in [0.4, 0.5) is 0 Å². The van der Waals surface area contributed by atoms with Crippen LogP contribution < -0.4 is 5.32 Å². The molecule has 0 saturated carbocycles. The Hall–Kier alpha value is -0.750. The summed E-state index contributed by atoms with van der Waals surface area (Å²) in [5.41, 5.74) is 0. The van der Waals surface area contributed by atoms with Gasteiger partial charge in [0.15, 0.2) is 0 Å². The van der Waals surface area contributed by atoms with Crippen LogP contribution in [0.5, 0.6) is 0 Å². The molecule has 2 amide bonds. The average molecular weight is 313 g/mol. The maximum atomic E-state index is 12.3. The SMILES string of the molecule is CC(C)CC(=O)N1CCN(C(=O)CC2CSCCN2)CC1. The minimum Gasteiger partial charge on any atom is -0.339 e. The third-order valence-electron chi connectivity index (χ3n) is 3.99. The summed E-state index contributed by atoms with van der Waals surface area (Å²) in [5.74, 6) is 3.01. The number of amides is 2. The van der Waals surface area contributed by atoms with Crippen molar-refractivity contribution in [1.29, 1.82) is 0 Å². The zero-order valence-corrected chi connectivity index (χ0v) is 14.0. The van der Waals surface area contributed by atoms with Crippen molar-refractivity contribution >= 4 is 23.6 Å². The van der Waals surface area contributed by atoms with E-state index in [1.54, 1.807) is 0 Å². The fourth-order valence-electron chi connectivity index (χ4n) is 2.77. The number of hydrogen-bond donors (Lipinski definition) is 1. The second-order valence-corrected chi connectivity index (χ2v) is 7.44. The molecule has 120 valence electrons. The summed E-state index contributed by atoms with van der Waals surface area (Å²) in [4.78, 5) is 28.1. The van der Waals surface area contributed by atoms with Crippen LogP contribution >= 0.6 is 11.8 Å². The maximum absolute atomic E-state index is 12.3. The Labute approximate surface area is 131 Å². The van der Waals surface area contributed by atoms with E-state index >= 15 is 0 Å². The molecule has 2 aliphatic rings. The molecule has 1 N–H and O–H groups in total. The van der Waals surface area contributed by atoms with E-state index in [2.05, 4.69) is 19.2 Å². The van der Waals surface area contributed by atoms with Gasteiger partial charge < -0.3 is 15.1 Å². The van der Waals surface area contributed by atoms with Gasteiger partial charge in [-0.05, 0) is 5.92 Å². The number of hydrogen-bond acceptors (Lipinski definition) is 4. The van der Waals surface area contributed by atoms with Gasteiger partial charge in [-0.3, -0.25) is 9.59 Å². The smallest absolute Gasteiger partial charge is 0.224 e. The predicted octanol–water partition coefficient (Wildman–Crippen LogP) is 0.798. The number of carbonyl (C=O) groups is 2. The Morgan fingerprint density at radius 1 is 1.14 bits per heavy atom. The van der Waals surface area contributed by atoms with Gasteiger partial charge in [0, 0.05) is 63.1 Å². The molecule has 2 rings (SSSR count). The first kappa shape index (κ1) is 16.6. The summed E-state index contributed by atoms with van der Waals surface area (Å²) in [6.07, 6.45) is 1.20. The van der Waals surface area contributed by atoms with E-state index in [9.17, 15) is 9.59 Å². The Bertz CT molecular complexity index is 362. The Morgan fingerprint density at radius 3 is 2.29 bits per heavy atom. The normalized spacial score (nSPS) is 23.5. The van der Waals surface area contributed by atoms with E-state index in [0.29, 0.717) is 51.0 Å². The molecule has 1 unspecified atom stereocenters. The number of carbonyl (C=O) groups excluding carboxylic acids is 2. The Kier molecular flexibility index (Phi) is 6.36. The topological polar surface area (TPSA) is 52.7 Å². The number of rotatable bonds is 4. The molecule has 0 aromatic heterocycles. The summed E-state index contributed by atoms with van der Waals surface area (Å²) >= 11 is 1.92. The number of piperazine rings is 1. The highest BCUT2D eigenvalue weighted by Gasteiger charge is 2.26. The van der Waals surface area contributed by atoms with E-state index < -0.39 is 0 Å². The van der Waals surface area contributed by atoms with Gasteiger partial charge in [-0.1, -0.05) is 13.8 Å². The van der Waals surface area contributed by atoms with E-state index in [1.165, 1.54) is 0 Å². The van der Waals surface area contributed by atoms with Gasteiger partial charge in [-0.2, -0.15) is 11.8 Å². The summed E-state index contributed by atoms with van der Waals surface area (Å²) < 4.78 is 0. The van der Waals surface area contributed by atoms with E-state index in [0.717, 1.165) is 18.1 Å². The predicted molar refractivity (Wildman–Crippen MR) is 86.3 cm³/mol. The minimum atomic E-state index is 0.224. The Balaban J connectivity index is 1.72. The standard InChI is InChI=1S/C15H27N3O2S/c1-12(2)9-14(19)17-4-6-18(7-5-17)15(20)10-13-11-21-8-3-16-13/h12-13,16H,3-11H2,1-2H3. The van der Waals surface area contributed by atoms with Crippen molar-refractivity contribution < 1.29 is 9.59 Å². The molecule has 0 bridgehead atoms. The lowest BCUT2D eigenvalue weighted by atomic mass is 10.1.